The van der Waals surface area contributed by atoms with Crippen LogP contribution in [-0.4, -0.2) is 32.2 Å². The molecule has 0 aliphatic rings. The van der Waals surface area contributed by atoms with Gasteiger partial charge in [0.25, 0.3) is 5.91 Å². The van der Waals surface area contributed by atoms with Crippen molar-refractivity contribution < 1.29 is 18.0 Å². The van der Waals surface area contributed by atoms with Gasteiger partial charge in [0.2, 0.25) is 0 Å². The molecule has 10 heteroatoms. The molecule has 4 aromatic rings. The fourth-order valence-corrected chi connectivity index (χ4v) is 4.31. The Morgan fingerprint density at radius 1 is 1.03 bits per heavy atom. The van der Waals surface area contributed by atoms with E-state index in [4.69, 9.17) is 0 Å². The molecule has 0 saturated carbocycles. The summed E-state index contributed by atoms with van der Waals surface area (Å²) in [5.41, 5.74) is 1.73. The van der Waals surface area contributed by atoms with Gasteiger partial charge in [0.05, 0.1) is 11.3 Å². The fourth-order valence-electron chi connectivity index (χ4n) is 3.40. The zero-order valence-corrected chi connectivity index (χ0v) is 20.5. The highest BCUT2D eigenvalue weighted by atomic mass is 32.2. The zero-order chi connectivity index (χ0) is 25.7. The topological polar surface area (TPSA) is 72.7 Å². The van der Waals surface area contributed by atoms with Gasteiger partial charge in [0.15, 0.2) is 11.0 Å². The lowest BCUT2D eigenvalue weighted by Gasteiger charge is -2.13. The Morgan fingerprint density at radius 2 is 1.75 bits per heavy atom. The highest BCUT2D eigenvalue weighted by Crippen LogP contribution is 2.34. The third-order valence-electron chi connectivity index (χ3n) is 5.26. The van der Waals surface area contributed by atoms with Crippen molar-refractivity contribution in [2.45, 2.75) is 30.9 Å². The number of carbonyl (C=O) groups excluding carboxylic acids is 1. The smallest absolute Gasteiger partial charge is 0.352 e. The molecule has 0 atom stereocenters. The van der Waals surface area contributed by atoms with Crippen LogP contribution in [0.4, 0.5) is 13.2 Å². The number of nitrogens with one attached hydrogen (secondary N) is 1. The maximum Gasteiger partial charge on any atom is 0.416 e. The van der Waals surface area contributed by atoms with Gasteiger partial charge < -0.3 is 5.32 Å². The van der Waals surface area contributed by atoms with Crippen molar-refractivity contribution in [3.8, 4) is 17.1 Å². The third-order valence-corrected chi connectivity index (χ3v) is 6.26. The number of hydrogen-bond acceptors (Lipinski definition) is 5. The molecule has 0 spiro atoms. The quantitative estimate of drug-likeness (QED) is 0.293. The molecule has 0 aliphatic carbocycles. The summed E-state index contributed by atoms with van der Waals surface area (Å²) < 4.78 is 41.8. The first-order chi connectivity index (χ1) is 17.2. The largest absolute Gasteiger partial charge is 0.416 e. The Hall–Kier alpha value is -3.66. The molecule has 0 fully saturated rings. The molecule has 2 aromatic carbocycles. The monoisotopic (exact) mass is 511 g/mol. The number of rotatable bonds is 8. The van der Waals surface area contributed by atoms with E-state index in [9.17, 15) is 18.0 Å². The van der Waals surface area contributed by atoms with Crippen LogP contribution in [0.2, 0.25) is 0 Å². The number of nitrogens with zero attached hydrogens (tertiary/aromatic N) is 4. The van der Waals surface area contributed by atoms with E-state index < -0.39 is 11.7 Å². The van der Waals surface area contributed by atoms with E-state index in [1.807, 2.05) is 26.0 Å². The van der Waals surface area contributed by atoms with E-state index in [0.29, 0.717) is 46.0 Å². The SMILES string of the molecule is CC(C)CNC(=O)c1ccc(CSc2nnc(-c3ccncc3)n2-c2cccc(C(F)(F)F)c2)cc1. The van der Waals surface area contributed by atoms with Crippen molar-refractivity contribution in [2.24, 2.45) is 5.92 Å². The lowest BCUT2D eigenvalue weighted by Crippen LogP contribution is -2.27. The van der Waals surface area contributed by atoms with Crippen molar-refractivity contribution >= 4 is 17.7 Å². The third kappa shape index (κ3) is 6.12. The summed E-state index contributed by atoms with van der Waals surface area (Å²) in [6, 6.07) is 15.8. The summed E-state index contributed by atoms with van der Waals surface area (Å²) in [7, 11) is 0. The first-order valence-corrected chi connectivity index (χ1v) is 12.2. The van der Waals surface area contributed by atoms with Crippen molar-refractivity contribution in [3.05, 3.63) is 89.7 Å². The summed E-state index contributed by atoms with van der Waals surface area (Å²) in [4.78, 5) is 16.3. The molecule has 1 N–H and O–H groups in total. The van der Waals surface area contributed by atoms with Crippen LogP contribution >= 0.6 is 11.8 Å². The van der Waals surface area contributed by atoms with Crippen LogP contribution in [0.1, 0.15) is 35.3 Å². The number of hydrogen-bond donors (Lipinski definition) is 1. The molecular weight excluding hydrogens is 487 g/mol. The van der Waals surface area contributed by atoms with Gasteiger partial charge in [-0.2, -0.15) is 13.2 Å². The summed E-state index contributed by atoms with van der Waals surface area (Å²) in [6.45, 7) is 4.65. The maximum absolute atomic E-state index is 13.4. The number of thioether (sulfide) groups is 1. The normalized spacial score (nSPS) is 11.6. The van der Waals surface area contributed by atoms with Crippen molar-refractivity contribution in [1.82, 2.24) is 25.1 Å². The zero-order valence-electron chi connectivity index (χ0n) is 19.7. The van der Waals surface area contributed by atoms with Crippen LogP contribution in [0.3, 0.4) is 0 Å². The Kier molecular flexibility index (Phi) is 7.73. The molecule has 0 radical (unpaired) electrons. The number of pyridine rings is 1. The van der Waals surface area contributed by atoms with Crippen LogP contribution in [0.25, 0.3) is 17.1 Å². The molecule has 0 unspecified atom stereocenters. The second-order valence-electron chi connectivity index (χ2n) is 8.52. The second kappa shape index (κ2) is 10.9. The molecule has 2 aromatic heterocycles. The molecule has 4 rings (SSSR count). The van der Waals surface area contributed by atoms with Crippen molar-refractivity contribution in [1.29, 1.82) is 0 Å². The van der Waals surface area contributed by atoms with Crippen LogP contribution in [0.15, 0.2) is 78.2 Å². The van der Waals surface area contributed by atoms with Gasteiger partial charge in [-0.1, -0.05) is 43.8 Å². The number of amides is 1. The highest BCUT2D eigenvalue weighted by Gasteiger charge is 2.31. The maximum atomic E-state index is 13.4. The minimum atomic E-state index is -4.47. The van der Waals surface area contributed by atoms with Crippen LogP contribution in [0.5, 0.6) is 0 Å². The molecule has 6 nitrogen and oxygen atoms in total. The second-order valence-corrected chi connectivity index (χ2v) is 9.46. The van der Waals surface area contributed by atoms with Gasteiger partial charge in [-0.05, 0) is 53.9 Å². The number of carbonyl (C=O) groups is 1. The minimum absolute atomic E-state index is 0.130. The van der Waals surface area contributed by atoms with Gasteiger partial charge in [0.1, 0.15) is 0 Å². The number of alkyl halides is 3. The van der Waals surface area contributed by atoms with Crippen LogP contribution in [0, 0.1) is 5.92 Å². The van der Waals surface area contributed by atoms with Crippen LogP contribution in [-0.2, 0) is 11.9 Å². The predicted molar refractivity (Wildman–Crippen MR) is 133 cm³/mol. The van der Waals surface area contributed by atoms with Gasteiger partial charge in [-0.3, -0.25) is 14.3 Å². The molecule has 186 valence electrons. The number of aromatic nitrogens is 4. The molecular formula is C26H24F3N5OS. The molecule has 0 saturated heterocycles. The summed E-state index contributed by atoms with van der Waals surface area (Å²) in [5.74, 6) is 1.13. The van der Waals surface area contributed by atoms with E-state index >= 15 is 0 Å². The average molecular weight is 512 g/mol. The van der Waals surface area contributed by atoms with Crippen LogP contribution < -0.4 is 5.32 Å². The molecule has 2 heterocycles. The first-order valence-electron chi connectivity index (χ1n) is 11.3. The average Bonchev–Trinajstić information content (AvgIpc) is 3.30. The lowest BCUT2D eigenvalue weighted by molar-refractivity contribution is -0.137. The van der Waals surface area contributed by atoms with E-state index in [1.54, 1.807) is 47.3 Å². The fraction of sp³-hybridized carbons (Fsp3) is 0.231. The molecule has 0 bridgehead atoms. The summed E-state index contributed by atoms with van der Waals surface area (Å²) in [5, 5.41) is 11.9. The molecule has 36 heavy (non-hydrogen) atoms. The van der Waals surface area contributed by atoms with E-state index in [1.165, 1.54) is 17.8 Å². The minimum Gasteiger partial charge on any atom is -0.352 e. The van der Waals surface area contributed by atoms with E-state index in [0.717, 1.165) is 17.7 Å². The van der Waals surface area contributed by atoms with E-state index in [-0.39, 0.29) is 5.91 Å². The Balaban J connectivity index is 1.60. The van der Waals surface area contributed by atoms with Gasteiger partial charge in [0, 0.05) is 35.8 Å². The summed E-state index contributed by atoms with van der Waals surface area (Å²) >= 11 is 1.34. The lowest BCUT2D eigenvalue weighted by atomic mass is 10.1. The molecule has 1 amide bonds. The Bertz CT molecular complexity index is 1320. The number of halogens is 3. The van der Waals surface area contributed by atoms with Crippen molar-refractivity contribution in [3.63, 3.8) is 0 Å². The van der Waals surface area contributed by atoms with Gasteiger partial charge in [-0.15, -0.1) is 10.2 Å². The Morgan fingerprint density at radius 3 is 2.42 bits per heavy atom. The van der Waals surface area contributed by atoms with Crippen molar-refractivity contribution in [2.75, 3.05) is 6.54 Å². The highest BCUT2D eigenvalue weighted by molar-refractivity contribution is 7.98. The predicted octanol–water partition coefficient (Wildman–Crippen LogP) is 6.03. The number of benzene rings is 2. The van der Waals surface area contributed by atoms with Gasteiger partial charge in [-0.25, -0.2) is 0 Å². The van der Waals surface area contributed by atoms with E-state index in [2.05, 4.69) is 20.5 Å². The molecule has 0 aliphatic heterocycles. The summed E-state index contributed by atoms with van der Waals surface area (Å²) in [6.07, 6.45) is -1.30. The Labute approximate surface area is 211 Å². The first kappa shape index (κ1) is 25.4. The van der Waals surface area contributed by atoms with Gasteiger partial charge >= 0.3 is 6.18 Å². The standard InChI is InChI=1S/C26H24F3N5OS/c1-17(2)15-31-24(35)20-8-6-18(7-9-20)16-36-25-33-32-23(19-10-12-30-13-11-19)34(25)22-5-3-4-21(14-22)26(27,28)29/h3-14,17H,15-16H2,1-2H3,(H,31,35).